The highest BCUT2D eigenvalue weighted by atomic mass is 32.3. The summed E-state index contributed by atoms with van der Waals surface area (Å²) in [6, 6.07) is 0.371. The van der Waals surface area contributed by atoms with E-state index >= 15 is 0 Å². The number of piperidine rings is 1. The standard InChI is InChI=1S/C14H23N7O6S/c15-13(16)18-6-5-17-4-3-10-7-11(19-26-10)12-2-1-9-8-20(12)14(22)21(9)27-28(23,24)25/h7,9,12,17H,1-6,8H2,(H4,15,16,18)(H,23,24,25)/t9-,12-/m1/s1. The van der Waals surface area contributed by atoms with Crippen molar-refractivity contribution < 1.29 is 26.6 Å². The number of rotatable bonds is 9. The Morgan fingerprint density at radius 2 is 2.21 bits per heavy atom. The molecule has 28 heavy (non-hydrogen) atoms. The average molecular weight is 417 g/mol. The van der Waals surface area contributed by atoms with Gasteiger partial charge in [-0.05, 0) is 12.8 Å². The number of hydrogen-bond donors (Lipinski definition) is 4. The number of nitrogens with zero attached hydrogens (tertiary/aromatic N) is 4. The van der Waals surface area contributed by atoms with Gasteiger partial charge < -0.3 is 26.2 Å². The number of carbonyl (C=O) groups excluding carboxylic acids is 1. The van der Waals surface area contributed by atoms with E-state index < -0.39 is 22.5 Å². The van der Waals surface area contributed by atoms with Gasteiger partial charge in [0, 0.05) is 32.1 Å². The summed E-state index contributed by atoms with van der Waals surface area (Å²) >= 11 is 0. The number of aliphatic imine (C=N–C) groups is 1. The molecule has 0 unspecified atom stereocenters. The van der Waals surface area contributed by atoms with Crippen molar-refractivity contribution in [2.45, 2.75) is 31.3 Å². The highest BCUT2D eigenvalue weighted by molar-refractivity contribution is 7.80. The molecule has 14 heteroatoms. The third-order valence-electron chi connectivity index (χ3n) is 4.55. The fraction of sp³-hybridized carbons (Fsp3) is 0.643. The summed E-state index contributed by atoms with van der Waals surface area (Å²) in [5, 5.41) is 7.92. The highest BCUT2D eigenvalue weighted by Crippen LogP contribution is 2.38. The summed E-state index contributed by atoms with van der Waals surface area (Å²) in [5.41, 5.74) is 11.1. The van der Waals surface area contributed by atoms with Crippen LogP contribution in [0.2, 0.25) is 0 Å². The molecule has 0 aliphatic carbocycles. The van der Waals surface area contributed by atoms with Crippen molar-refractivity contribution in [3.8, 4) is 0 Å². The van der Waals surface area contributed by atoms with Gasteiger partial charge in [-0.1, -0.05) is 5.16 Å². The molecule has 2 amide bonds. The molecule has 2 atom stereocenters. The van der Waals surface area contributed by atoms with Gasteiger partial charge in [0.25, 0.3) is 0 Å². The first-order valence-electron chi connectivity index (χ1n) is 8.73. The Bertz CT molecular complexity index is 837. The van der Waals surface area contributed by atoms with E-state index in [9.17, 15) is 13.2 Å². The maximum absolute atomic E-state index is 12.4. The Balaban J connectivity index is 1.54. The van der Waals surface area contributed by atoms with E-state index in [-0.39, 0.29) is 18.5 Å². The predicted octanol–water partition coefficient (Wildman–Crippen LogP) is -1.24. The van der Waals surface area contributed by atoms with Gasteiger partial charge in [-0.25, -0.2) is 4.79 Å². The van der Waals surface area contributed by atoms with Crippen LogP contribution < -0.4 is 16.8 Å². The van der Waals surface area contributed by atoms with Crippen molar-refractivity contribution in [3.63, 3.8) is 0 Å². The van der Waals surface area contributed by atoms with Crippen molar-refractivity contribution in [1.82, 2.24) is 20.4 Å². The molecule has 2 fully saturated rings. The number of aromatic nitrogens is 1. The van der Waals surface area contributed by atoms with E-state index in [4.69, 9.17) is 20.5 Å². The van der Waals surface area contributed by atoms with Gasteiger partial charge in [0.15, 0.2) is 5.96 Å². The number of carbonyl (C=O) groups is 1. The van der Waals surface area contributed by atoms with Crippen LogP contribution >= 0.6 is 0 Å². The van der Waals surface area contributed by atoms with Crippen molar-refractivity contribution in [2.24, 2.45) is 16.5 Å². The fourth-order valence-corrected chi connectivity index (χ4v) is 3.73. The molecule has 2 aliphatic rings. The van der Waals surface area contributed by atoms with Gasteiger partial charge in [0.2, 0.25) is 0 Å². The zero-order valence-electron chi connectivity index (χ0n) is 15.0. The number of nitrogens with two attached hydrogens (primary N) is 2. The van der Waals surface area contributed by atoms with E-state index in [0.29, 0.717) is 55.4 Å². The summed E-state index contributed by atoms with van der Waals surface area (Å²) in [6.07, 6.45) is 1.68. The van der Waals surface area contributed by atoms with Gasteiger partial charge in [-0.3, -0.25) is 9.55 Å². The smallest absolute Gasteiger partial charge is 0.370 e. The maximum atomic E-state index is 12.4. The van der Waals surface area contributed by atoms with E-state index in [2.05, 4.69) is 19.7 Å². The molecule has 0 spiro atoms. The van der Waals surface area contributed by atoms with Crippen LogP contribution in [0.15, 0.2) is 15.6 Å². The maximum Gasteiger partial charge on any atom is 0.418 e. The van der Waals surface area contributed by atoms with Crippen LogP contribution in [-0.2, 0) is 21.1 Å². The van der Waals surface area contributed by atoms with Gasteiger partial charge in [-0.15, -0.1) is 4.28 Å². The molecule has 1 aromatic rings. The van der Waals surface area contributed by atoms with Crippen molar-refractivity contribution in [1.29, 1.82) is 0 Å². The molecule has 2 aliphatic heterocycles. The summed E-state index contributed by atoms with van der Waals surface area (Å²) in [7, 11) is -4.76. The normalized spacial score (nSPS) is 22.0. The summed E-state index contributed by atoms with van der Waals surface area (Å²) in [5.74, 6) is 0.706. The number of nitrogens with one attached hydrogen (secondary N) is 1. The minimum atomic E-state index is -4.76. The molecule has 0 saturated carbocycles. The topological polar surface area (TPSA) is 190 Å². The summed E-state index contributed by atoms with van der Waals surface area (Å²) < 4.78 is 40.5. The number of guanidine groups is 1. The molecule has 2 bridgehead atoms. The van der Waals surface area contributed by atoms with E-state index in [0.717, 1.165) is 0 Å². The Morgan fingerprint density at radius 3 is 2.93 bits per heavy atom. The number of amides is 2. The van der Waals surface area contributed by atoms with Crippen molar-refractivity contribution in [3.05, 3.63) is 17.5 Å². The number of hydrogen-bond acceptors (Lipinski definition) is 8. The second-order valence-corrected chi connectivity index (χ2v) is 7.54. The first-order valence-corrected chi connectivity index (χ1v) is 10.1. The molecule has 2 saturated heterocycles. The van der Waals surface area contributed by atoms with Crippen LogP contribution in [0.25, 0.3) is 0 Å². The van der Waals surface area contributed by atoms with E-state index in [1.54, 1.807) is 6.07 Å². The van der Waals surface area contributed by atoms with E-state index in [1.165, 1.54) is 4.90 Å². The first kappa shape index (κ1) is 20.3. The third-order valence-corrected chi connectivity index (χ3v) is 4.90. The highest BCUT2D eigenvalue weighted by Gasteiger charge is 2.48. The molecule has 3 heterocycles. The number of fused-ring (bicyclic) bond motifs is 2. The minimum absolute atomic E-state index is 0.0495. The monoisotopic (exact) mass is 417 g/mol. The van der Waals surface area contributed by atoms with Gasteiger partial charge in [0.1, 0.15) is 11.5 Å². The first-order chi connectivity index (χ1) is 13.2. The Kier molecular flexibility index (Phi) is 6.02. The average Bonchev–Trinajstić information content (AvgIpc) is 3.17. The number of hydroxylamine groups is 2. The zero-order chi connectivity index (χ0) is 20.3. The van der Waals surface area contributed by atoms with Crippen molar-refractivity contribution >= 4 is 22.4 Å². The Labute approximate surface area is 161 Å². The lowest BCUT2D eigenvalue weighted by Gasteiger charge is -2.28. The fourth-order valence-electron chi connectivity index (χ4n) is 3.34. The largest absolute Gasteiger partial charge is 0.418 e. The molecule has 13 nitrogen and oxygen atoms in total. The van der Waals surface area contributed by atoms with Crippen LogP contribution in [-0.4, -0.2) is 72.3 Å². The molecule has 156 valence electrons. The van der Waals surface area contributed by atoms with Gasteiger partial charge in [0.05, 0.1) is 18.6 Å². The molecule has 3 rings (SSSR count). The molecule has 1 aromatic heterocycles. The van der Waals surface area contributed by atoms with Crippen LogP contribution in [0.3, 0.4) is 0 Å². The molecule has 0 radical (unpaired) electrons. The number of urea groups is 1. The van der Waals surface area contributed by atoms with Crippen LogP contribution in [0.4, 0.5) is 4.79 Å². The third kappa shape index (κ3) is 4.89. The molecule has 6 N–H and O–H groups in total. The van der Waals surface area contributed by atoms with Crippen LogP contribution in [0.5, 0.6) is 0 Å². The lowest BCUT2D eigenvalue weighted by Crippen LogP contribution is -2.35. The quantitative estimate of drug-likeness (QED) is 0.163. The minimum Gasteiger partial charge on any atom is -0.370 e. The summed E-state index contributed by atoms with van der Waals surface area (Å²) in [6.45, 7) is 2.02. The molecular formula is C14H23N7O6S. The van der Waals surface area contributed by atoms with Crippen LogP contribution in [0.1, 0.15) is 30.3 Å². The lowest BCUT2D eigenvalue weighted by molar-refractivity contribution is -0.0317. The van der Waals surface area contributed by atoms with Gasteiger partial charge >= 0.3 is 16.4 Å². The van der Waals surface area contributed by atoms with Crippen molar-refractivity contribution in [2.75, 3.05) is 26.2 Å². The Hall–Kier alpha value is -2.42. The Morgan fingerprint density at radius 1 is 1.43 bits per heavy atom. The lowest BCUT2D eigenvalue weighted by atomic mass is 9.98. The zero-order valence-corrected chi connectivity index (χ0v) is 15.8. The molecule has 0 aromatic carbocycles. The summed E-state index contributed by atoms with van der Waals surface area (Å²) in [4.78, 5) is 17.8. The SMILES string of the molecule is NC(N)=NCCNCCc1cc([C@H]2CC[C@@H]3CN2C(=O)N3OS(=O)(=O)O)no1. The second kappa shape index (κ2) is 8.30. The van der Waals surface area contributed by atoms with Gasteiger partial charge in [-0.2, -0.15) is 13.5 Å². The predicted molar refractivity (Wildman–Crippen MR) is 96.1 cm³/mol. The molecular weight excluding hydrogens is 394 g/mol. The van der Waals surface area contributed by atoms with Crippen LogP contribution in [0, 0.1) is 0 Å². The van der Waals surface area contributed by atoms with E-state index in [1.807, 2.05) is 0 Å². The second-order valence-electron chi connectivity index (χ2n) is 6.53.